The summed E-state index contributed by atoms with van der Waals surface area (Å²) in [5.74, 6) is -2.32. The molecule has 1 rings (SSSR count). The molecule has 0 unspecified atom stereocenters. The summed E-state index contributed by atoms with van der Waals surface area (Å²) in [6.45, 7) is 3.85. The van der Waals surface area contributed by atoms with E-state index < -0.39 is 11.5 Å². The minimum Gasteiger partial charge on any atom is -0.389 e. The highest BCUT2D eigenvalue weighted by Crippen LogP contribution is 2.48. The Labute approximate surface area is 65.4 Å². The van der Waals surface area contributed by atoms with Gasteiger partial charge in [-0.15, -0.1) is 0 Å². The molecule has 1 saturated carbocycles. The zero-order chi connectivity index (χ0) is 8.70. The highest BCUT2D eigenvalue weighted by atomic mass is 19.3. The third kappa shape index (κ3) is 2.12. The molecule has 1 nitrogen and oxygen atoms in total. The van der Waals surface area contributed by atoms with E-state index >= 15 is 0 Å². The van der Waals surface area contributed by atoms with Crippen LogP contribution in [-0.4, -0.2) is 16.6 Å². The van der Waals surface area contributed by atoms with Crippen molar-refractivity contribution in [2.24, 2.45) is 5.92 Å². The summed E-state index contributed by atoms with van der Waals surface area (Å²) in [7, 11) is 0. The molecule has 1 fully saturated rings. The monoisotopic (exact) mass is 164 g/mol. The molecular formula is C8H14F2O. The van der Waals surface area contributed by atoms with Gasteiger partial charge in [0.15, 0.2) is 0 Å². The van der Waals surface area contributed by atoms with Crippen LogP contribution < -0.4 is 0 Å². The van der Waals surface area contributed by atoms with Crippen LogP contribution in [-0.2, 0) is 0 Å². The first-order chi connectivity index (χ1) is 4.83. The Balaban J connectivity index is 2.37. The van der Waals surface area contributed by atoms with Crippen LogP contribution in [0.5, 0.6) is 0 Å². The lowest BCUT2D eigenvalue weighted by atomic mass is 9.72. The molecule has 0 bridgehead atoms. The Bertz CT molecular complexity index is 141. The smallest absolute Gasteiger partial charge is 0.253 e. The van der Waals surface area contributed by atoms with E-state index in [9.17, 15) is 13.9 Å². The van der Waals surface area contributed by atoms with Crippen LogP contribution in [0, 0.1) is 5.92 Å². The predicted octanol–water partition coefficient (Wildman–Crippen LogP) is 2.19. The van der Waals surface area contributed by atoms with Gasteiger partial charge in [-0.25, -0.2) is 8.78 Å². The Hall–Kier alpha value is -0.180. The van der Waals surface area contributed by atoms with E-state index in [4.69, 9.17) is 0 Å². The lowest BCUT2D eigenvalue weighted by Crippen LogP contribution is -2.52. The van der Waals surface area contributed by atoms with Gasteiger partial charge in [0.1, 0.15) is 0 Å². The molecule has 1 aliphatic carbocycles. The molecule has 66 valence electrons. The zero-order valence-electron chi connectivity index (χ0n) is 6.90. The van der Waals surface area contributed by atoms with E-state index in [1.807, 2.05) is 13.8 Å². The van der Waals surface area contributed by atoms with E-state index in [-0.39, 0.29) is 18.8 Å². The largest absolute Gasteiger partial charge is 0.389 e. The molecule has 1 N–H and O–H groups in total. The Kier molecular flexibility index (Phi) is 1.95. The first-order valence-electron chi connectivity index (χ1n) is 3.93. The highest BCUT2D eigenvalue weighted by Gasteiger charge is 2.55. The fraction of sp³-hybridized carbons (Fsp3) is 1.00. The van der Waals surface area contributed by atoms with Crippen LogP contribution in [0.1, 0.15) is 33.1 Å². The molecule has 0 aromatic carbocycles. The number of aliphatic hydroxyl groups is 1. The second-order valence-corrected chi connectivity index (χ2v) is 4.03. The summed E-state index contributed by atoms with van der Waals surface area (Å²) >= 11 is 0. The zero-order valence-corrected chi connectivity index (χ0v) is 6.90. The fourth-order valence-corrected chi connectivity index (χ4v) is 1.82. The second-order valence-electron chi connectivity index (χ2n) is 4.03. The Morgan fingerprint density at radius 1 is 1.36 bits per heavy atom. The molecular weight excluding hydrogens is 150 g/mol. The molecule has 0 atom stereocenters. The SMILES string of the molecule is CC(C)CC1(O)CC(F)(F)C1. The van der Waals surface area contributed by atoms with Gasteiger partial charge in [-0.3, -0.25) is 0 Å². The van der Waals surface area contributed by atoms with Crippen molar-refractivity contribution in [3.63, 3.8) is 0 Å². The van der Waals surface area contributed by atoms with Crippen LogP contribution >= 0.6 is 0 Å². The van der Waals surface area contributed by atoms with Crippen molar-refractivity contribution in [1.82, 2.24) is 0 Å². The summed E-state index contributed by atoms with van der Waals surface area (Å²) in [6, 6.07) is 0. The first-order valence-corrected chi connectivity index (χ1v) is 3.93. The summed E-state index contributed by atoms with van der Waals surface area (Å²) < 4.78 is 24.6. The summed E-state index contributed by atoms with van der Waals surface area (Å²) in [6.07, 6.45) is -0.209. The lowest BCUT2D eigenvalue weighted by molar-refractivity contribution is -0.210. The minimum absolute atomic E-state index is 0.288. The average Bonchev–Trinajstić information content (AvgIpc) is 1.52. The van der Waals surface area contributed by atoms with E-state index in [0.717, 1.165) is 0 Å². The van der Waals surface area contributed by atoms with Crippen molar-refractivity contribution in [2.75, 3.05) is 0 Å². The molecule has 0 radical (unpaired) electrons. The maximum absolute atomic E-state index is 12.3. The van der Waals surface area contributed by atoms with Gasteiger partial charge < -0.3 is 5.11 Å². The number of halogens is 2. The van der Waals surface area contributed by atoms with Crippen molar-refractivity contribution in [2.45, 2.75) is 44.6 Å². The van der Waals surface area contributed by atoms with Crippen molar-refractivity contribution in [3.8, 4) is 0 Å². The molecule has 3 heteroatoms. The van der Waals surface area contributed by atoms with Crippen molar-refractivity contribution < 1.29 is 13.9 Å². The number of alkyl halides is 2. The average molecular weight is 164 g/mol. The summed E-state index contributed by atoms with van der Waals surface area (Å²) in [4.78, 5) is 0. The lowest BCUT2D eigenvalue weighted by Gasteiger charge is -2.44. The van der Waals surface area contributed by atoms with Gasteiger partial charge in [0.05, 0.1) is 5.60 Å². The third-order valence-electron chi connectivity index (χ3n) is 1.96. The first kappa shape index (κ1) is 8.91. The van der Waals surface area contributed by atoms with Crippen LogP contribution in [0.25, 0.3) is 0 Å². The molecule has 0 aromatic heterocycles. The van der Waals surface area contributed by atoms with Crippen molar-refractivity contribution in [3.05, 3.63) is 0 Å². The number of hydrogen-bond acceptors (Lipinski definition) is 1. The second kappa shape index (κ2) is 2.41. The maximum atomic E-state index is 12.3. The third-order valence-corrected chi connectivity index (χ3v) is 1.96. The van der Waals surface area contributed by atoms with E-state index in [1.165, 1.54) is 0 Å². The molecule has 0 heterocycles. The number of rotatable bonds is 2. The van der Waals surface area contributed by atoms with Gasteiger partial charge in [0.2, 0.25) is 0 Å². The van der Waals surface area contributed by atoms with Gasteiger partial charge in [0, 0.05) is 12.8 Å². The highest BCUT2D eigenvalue weighted by molar-refractivity contribution is 4.99. The van der Waals surface area contributed by atoms with Crippen LogP contribution in [0.15, 0.2) is 0 Å². The fourth-order valence-electron chi connectivity index (χ4n) is 1.82. The quantitative estimate of drug-likeness (QED) is 0.663. The number of hydrogen-bond donors (Lipinski definition) is 1. The molecule has 0 aliphatic heterocycles. The standard InChI is InChI=1S/C8H14F2O/c1-6(2)3-7(11)4-8(9,10)5-7/h6,11H,3-5H2,1-2H3. The van der Waals surface area contributed by atoms with Crippen LogP contribution in [0.3, 0.4) is 0 Å². The summed E-state index contributed by atoms with van der Waals surface area (Å²) in [5, 5.41) is 9.44. The normalized spacial score (nSPS) is 26.7. The molecule has 0 amide bonds. The Morgan fingerprint density at radius 2 is 1.82 bits per heavy atom. The van der Waals surface area contributed by atoms with Gasteiger partial charge in [-0.2, -0.15) is 0 Å². The molecule has 11 heavy (non-hydrogen) atoms. The van der Waals surface area contributed by atoms with E-state index in [2.05, 4.69) is 0 Å². The minimum atomic E-state index is -2.61. The van der Waals surface area contributed by atoms with Crippen LogP contribution in [0.4, 0.5) is 8.78 Å². The van der Waals surface area contributed by atoms with Crippen molar-refractivity contribution >= 4 is 0 Å². The van der Waals surface area contributed by atoms with Crippen LogP contribution in [0.2, 0.25) is 0 Å². The summed E-state index contributed by atoms with van der Waals surface area (Å²) in [5.41, 5.74) is -1.07. The van der Waals surface area contributed by atoms with Gasteiger partial charge in [0.25, 0.3) is 5.92 Å². The molecule has 1 aliphatic rings. The van der Waals surface area contributed by atoms with Gasteiger partial charge in [-0.05, 0) is 12.3 Å². The molecule has 0 spiro atoms. The maximum Gasteiger partial charge on any atom is 0.253 e. The Morgan fingerprint density at radius 3 is 2.09 bits per heavy atom. The van der Waals surface area contributed by atoms with E-state index in [0.29, 0.717) is 6.42 Å². The topological polar surface area (TPSA) is 20.2 Å². The predicted molar refractivity (Wildman–Crippen MR) is 38.6 cm³/mol. The van der Waals surface area contributed by atoms with Gasteiger partial charge in [-0.1, -0.05) is 13.8 Å². The van der Waals surface area contributed by atoms with E-state index in [1.54, 1.807) is 0 Å². The van der Waals surface area contributed by atoms with Gasteiger partial charge >= 0.3 is 0 Å². The molecule has 0 aromatic rings. The molecule has 0 saturated heterocycles. The van der Waals surface area contributed by atoms with Crippen molar-refractivity contribution in [1.29, 1.82) is 0 Å².